The van der Waals surface area contributed by atoms with Crippen molar-refractivity contribution in [2.24, 2.45) is 0 Å². The van der Waals surface area contributed by atoms with Gasteiger partial charge in [-0.25, -0.2) is 0 Å². The average Bonchev–Trinajstić information content (AvgIpc) is 2.72. The molecule has 0 aliphatic heterocycles. The number of unbranched alkanes of at least 4 members (excludes halogenated alkanes) is 4. The lowest BCUT2D eigenvalue weighted by atomic mass is 10.1. The highest BCUT2D eigenvalue weighted by Gasteiger charge is 2.07. The first-order chi connectivity index (χ1) is 14.9. The van der Waals surface area contributed by atoms with Gasteiger partial charge in [0.2, 0.25) is 0 Å². The van der Waals surface area contributed by atoms with Gasteiger partial charge in [0.1, 0.15) is 25.4 Å². The van der Waals surface area contributed by atoms with Gasteiger partial charge >= 0.3 is 11.9 Å². The summed E-state index contributed by atoms with van der Waals surface area (Å²) in [4.78, 5) is 21.2. The summed E-state index contributed by atoms with van der Waals surface area (Å²) in [5.41, 5.74) is 0. The topological polar surface area (TPSA) is 130 Å². The van der Waals surface area contributed by atoms with Gasteiger partial charge < -0.3 is 38.6 Å². The van der Waals surface area contributed by atoms with Crippen molar-refractivity contribution in [3.63, 3.8) is 0 Å². The van der Waals surface area contributed by atoms with Crippen molar-refractivity contribution >= 4 is 11.9 Å². The Morgan fingerprint density at radius 3 is 1.29 bits per heavy atom. The molecule has 10 heteroatoms. The van der Waals surface area contributed by atoms with E-state index in [1.807, 2.05) is 0 Å². The Kier molecular flexibility index (Phi) is 21.0. The van der Waals surface area contributed by atoms with E-state index in [9.17, 15) is 19.8 Å². The van der Waals surface area contributed by atoms with Gasteiger partial charge in [-0.05, 0) is 12.8 Å². The summed E-state index contributed by atoms with van der Waals surface area (Å²) < 4.78 is 30.8. The fraction of sp³-hybridized carbons (Fsp3) is 0.905. The van der Waals surface area contributed by atoms with Crippen LogP contribution in [0.3, 0.4) is 0 Å². The predicted molar refractivity (Wildman–Crippen MR) is 112 cm³/mol. The molecule has 0 aromatic heterocycles. The second-order valence-corrected chi connectivity index (χ2v) is 7.06. The normalized spacial score (nSPS) is 13.0. The molecule has 0 spiro atoms. The van der Waals surface area contributed by atoms with Crippen LogP contribution in [0.25, 0.3) is 0 Å². The SMILES string of the molecule is CC(=O)OCC(O)COCCOCCCCCCCOCCOCC(O)COC(C)=O. The summed E-state index contributed by atoms with van der Waals surface area (Å²) >= 11 is 0. The molecule has 0 saturated heterocycles. The lowest BCUT2D eigenvalue weighted by molar-refractivity contribution is -0.146. The van der Waals surface area contributed by atoms with Crippen LogP contribution in [0.15, 0.2) is 0 Å². The molecule has 0 rings (SSSR count). The quantitative estimate of drug-likeness (QED) is 0.180. The number of carbonyl (C=O) groups is 2. The van der Waals surface area contributed by atoms with E-state index in [1.165, 1.54) is 13.8 Å². The highest BCUT2D eigenvalue weighted by Crippen LogP contribution is 2.03. The monoisotopic (exact) mass is 452 g/mol. The summed E-state index contributed by atoms with van der Waals surface area (Å²) in [5.74, 6) is -0.848. The number of aliphatic hydroxyl groups is 2. The molecule has 0 aliphatic carbocycles. The molecular weight excluding hydrogens is 412 g/mol. The van der Waals surface area contributed by atoms with E-state index >= 15 is 0 Å². The average molecular weight is 453 g/mol. The van der Waals surface area contributed by atoms with Gasteiger partial charge in [-0.1, -0.05) is 19.3 Å². The number of ether oxygens (including phenoxy) is 6. The zero-order valence-corrected chi connectivity index (χ0v) is 18.9. The summed E-state index contributed by atoms with van der Waals surface area (Å²) in [5, 5.41) is 19.0. The van der Waals surface area contributed by atoms with Crippen LogP contribution in [0.4, 0.5) is 0 Å². The Bertz CT molecular complexity index is 394. The first-order valence-electron chi connectivity index (χ1n) is 10.9. The van der Waals surface area contributed by atoms with Crippen molar-refractivity contribution in [1.29, 1.82) is 0 Å². The maximum absolute atomic E-state index is 10.6. The molecule has 0 aromatic carbocycles. The highest BCUT2D eigenvalue weighted by molar-refractivity contribution is 5.66. The van der Waals surface area contributed by atoms with Gasteiger partial charge in [-0.15, -0.1) is 0 Å². The minimum Gasteiger partial charge on any atom is -0.463 e. The lowest BCUT2D eigenvalue weighted by Gasteiger charge is -2.11. The Labute approximate surface area is 185 Å². The van der Waals surface area contributed by atoms with Crippen LogP contribution >= 0.6 is 0 Å². The molecule has 0 bridgehead atoms. The molecule has 2 N–H and O–H groups in total. The van der Waals surface area contributed by atoms with Crippen molar-refractivity contribution in [3.8, 4) is 0 Å². The van der Waals surface area contributed by atoms with E-state index in [-0.39, 0.29) is 26.4 Å². The summed E-state index contributed by atoms with van der Waals surface area (Å²) in [7, 11) is 0. The molecule has 10 nitrogen and oxygen atoms in total. The van der Waals surface area contributed by atoms with Gasteiger partial charge in [0.25, 0.3) is 0 Å². The Morgan fingerprint density at radius 2 is 0.903 bits per heavy atom. The molecule has 0 aliphatic rings. The van der Waals surface area contributed by atoms with Crippen LogP contribution in [0, 0.1) is 0 Å². The van der Waals surface area contributed by atoms with Crippen molar-refractivity contribution in [2.75, 3.05) is 66.1 Å². The molecule has 2 unspecified atom stereocenters. The van der Waals surface area contributed by atoms with Crippen molar-refractivity contribution in [3.05, 3.63) is 0 Å². The molecule has 0 fully saturated rings. The van der Waals surface area contributed by atoms with Crippen LogP contribution in [-0.2, 0) is 38.0 Å². The van der Waals surface area contributed by atoms with Gasteiger partial charge in [0.15, 0.2) is 0 Å². The van der Waals surface area contributed by atoms with E-state index in [0.29, 0.717) is 39.6 Å². The van der Waals surface area contributed by atoms with Gasteiger partial charge in [0.05, 0.1) is 39.6 Å². The number of hydrogen-bond acceptors (Lipinski definition) is 10. The van der Waals surface area contributed by atoms with Crippen LogP contribution < -0.4 is 0 Å². The van der Waals surface area contributed by atoms with Gasteiger partial charge in [0, 0.05) is 27.1 Å². The summed E-state index contributed by atoms with van der Waals surface area (Å²) in [6.45, 7) is 5.77. The first-order valence-corrected chi connectivity index (χ1v) is 10.9. The molecular formula is C21H40O10. The highest BCUT2D eigenvalue weighted by atomic mass is 16.6. The smallest absolute Gasteiger partial charge is 0.302 e. The number of hydrogen-bond donors (Lipinski definition) is 2. The molecule has 2 atom stereocenters. The van der Waals surface area contributed by atoms with Gasteiger partial charge in [-0.3, -0.25) is 9.59 Å². The van der Waals surface area contributed by atoms with Crippen molar-refractivity contribution < 1.29 is 48.2 Å². The number of carbonyl (C=O) groups excluding carboxylic acids is 2. The van der Waals surface area contributed by atoms with Crippen LogP contribution in [0.5, 0.6) is 0 Å². The Balaban J connectivity index is 3.17. The van der Waals surface area contributed by atoms with Crippen LogP contribution in [0.2, 0.25) is 0 Å². The molecule has 31 heavy (non-hydrogen) atoms. The minimum absolute atomic E-state index is 0.0574. The Morgan fingerprint density at radius 1 is 0.548 bits per heavy atom. The van der Waals surface area contributed by atoms with Crippen molar-refractivity contribution in [1.82, 2.24) is 0 Å². The standard InChI is InChI=1S/C21H40O10/c1-18(22)30-16-20(24)14-28-12-10-26-8-6-4-3-5-7-9-27-11-13-29-15-21(25)17-31-19(2)23/h20-21,24-25H,3-17H2,1-2H3. The summed E-state index contributed by atoms with van der Waals surface area (Å²) in [6.07, 6.45) is 3.64. The van der Waals surface area contributed by atoms with E-state index in [2.05, 4.69) is 9.47 Å². The molecule has 0 aromatic rings. The largest absolute Gasteiger partial charge is 0.463 e. The summed E-state index contributed by atoms with van der Waals surface area (Å²) in [6, 6.07) is 0. The first kappa shape index (κ1) is 29.7. The van der Waals surface area contributed by atoms with Crippen LogP contribution in [-0.4, -0.2) is 100 Å². The zero-order chi connectivity index (χ0) is 23.2. The van der Waals surface area contributed by atoms with Crippen molar-refractivity contribution in [2.45, 2.75) is 58.2 Å². The number of esters is 2. The number of rotatable bonds is 22. The third-order valence-electron chi connectivity index (χ3n) is 3.90. The van der Waals surface area contributed by atoms with E-state index in [0.717, 1.165) is 32.1 Å². The molecule has 0 saturated carbocycles. The van der Waals surface area contributed by atoms with E-state index < -0.39 is 24.1 Å². The minimum atomic E-state index is -0.813. The maximum Gasteiger partial charge on any atom is 0.302 e. The van der Waals surface area contributed by atoms with E-state index in [1.54, 1.807) is 0 Å². The maximum atomic E-state index is 10.6. The third kappa shape index (κ3) is 24.8. The number of aliphatic hydroxyl groups excluding tert-OH is 2. The third-order valence-corrected chi connectivity index (χ3v) is 3.90. The second kappa shape index (κ2) is 21.9. The lowest BCUT2D eigenvalue weighted by Crippen LogP contribution is -2.24. The second-order valence-electron chi connectivity index (χ2n) is 7.06. The molecule has 0 heterocycles. The zero-order valence-electron chi connectivity index (χ0n) is 18.9. The molecule has 0 amide bonds. The molecule has 0 radical (unpaired) electrons. The fourth-order valence-electron chi connectivity index (χ4n) is 2.34. The van der Waals surface area contributed by atoms with Crippen LogP contribution in [0.1, 0.15) is 46.0 Å². The molecule has 184 valence electrons. The fourth-order valence-corrected chi connectivity index (χ4v) is 2.34. The Hall–Kier alpha value is -1.30. The van der Waals surface area contributed by atoms with Gasteiger partial charge in [-0.2, -0.15) is 0 Å². The van der Waals surface area contributed by atoms with E-state index in [4.69, 9.17) is 18.9 Å². The predicted octanol–water partition coefficient (Wildman–Crippen LogP) is 0.851.